The summed E-state index contributed by atoms with van der Waals surface area (Å²) in [4.78, 5) is 25.2. The van der Waals surface area contributed by atoms with Gasteiger partial charge in [-0.2, -0.15) is 0 Å². The van der Waals surface area contributed by atoms with E-state index in [0.29, 0.717) is 31.1 Å². The highest BCUT2D eigenvalue weighted by Gasteiger charge is 2.31. The van der Waals surface area contributed by atoms with E-state index in [-0.39, 0.29) is 30.1 Å². The summed E-state index contributed by atoms with van der Waals surface area (Å²) in [6, 6.07) is 7.37. The summed E-state index contributed by atoms with van der Waals surface area (Å²) < 4.78 is 20.7. The smallest absolute Gasteiger partial charge is 0.478 e. The Hall–Kier alpha value is -1.78. The fraction of sp³-hybridized carbons (Fsp3) is 0.545. The maximum Gasteiger partial charge on any atom is 0.509 e. The molecule has 1 aliphatic heterocycles. The minimum atomic E-state index is -1.02. The standard InChI is InChI=1S/C22H30ClNO7S/c1-15(2)31-22(27)30-14-32-20-8-9-24(11-16(20)10-21(25)26)19(12-29-13-28-3)17-6-4-5-7-18(17)23/h4-7,10,15,19-20H,8-9,11-14H2,1-3H3,(H,25,26)/b16-10+/t19-,20+/m1/s1. The summed E-state index contributed by atoms with van der Waals surface area (Å²) >= 11 is 7.83. The van der Waals surface area contributed by atoms with E-state index in [4.69, 9.17) is 30.5 Å². The first-order valence-electron chi connectivity index (χ1n) is 10.2. The van der Waals surface area contributed by atoms with Gasteiger partial charge >= 0.3 is 12.1 Å². The molecule has 1 N–H and O–H groups in total. The van der Waals surface area contributed by atoms with Crippen LogP contribution >= 0.6 is 23.4 Å². The Morgan fingerprint density at radius 1 is 1.34 bits per heavy atom. The number of likely N-dealkylation sites (tertiary alicyclic amines) is 1. The molecule has 0 aliphatic carbocycles. The fourth-order valence-electron chi connectivity index (χ4n) is 3.41. The molecule has 1 aromatic rings. The van der Waals surface area contributed by atoms with Crippen LogP contribution in [-0.4, -0.2) is 73.0 Å². The Kier molecular flexibility index (Phi) is 11.3. The highest BCUT2D eigenvalue weighted by Crippen LogP contribution is 2.35. The van der Waals surface area contributed by atoms with Crippen LogP contribution in [0.25, 0.3) is 0 Å². The van der Waals surface area contributed by atoms with E-state index < -0.39 is 12.1 Å². The molecule has 2 atom stereocenters. The van der Waals surface area contributed by atoms with Gasteiger partial charge in [-0.15, -0.1) is 11.8 Å². The van der Waals surface area contributed by atoms with Crippen LogP contribution in [-0.2, 0) is 23.7 Å². The summed E-state index contributed by atoms with van der Waals surface area (Å²) in [5.41, 5.74) is 1.64. The van der Waals surface area contributed by atoms with Crippen molar-refractivity contribution in [3.8, 4) is 0 Å². The van der Waals surface area contributed by atoms with Crippen molar-refractivity contribution in [1.29, 1.82) is 0 Å². The van der Waals surface area contributed by atoms with Crippen LogP contribution in [0.5, 0.6) is 0 Å². The van der Waals surface area contributed by atoms with Crippen LogP contribution in [0, 0.1) is 0 Å². The zero-order valence-electron chi connectivity index (χ0n) is 18.5. The van der Waals surface area contributed by atoms with Crippen LogP contribution in [0.15, 0.2) is 35.9 Å². The van der Waals surface area contributed by atoms with Gasteiger partial charge in [-0.05, 0) is 37.5 Å². The molecule has 1 fully saturated rings. The third kappa shape index (κ3) is 8.63. The summed E-state index contributed by atoms with van der Waals surface area (Å²) in [5.74, 6) is -0.935. The van der Waals surface area contributed by atoms with Gasteiger partial charge < -0.3 is 24.1 Å². The molecule has 0 bridgehead atoms. The Labute approximate surface area is 197 Å². The monoisotopic (exact) mass is 487 g/mol. The van der Waals surface area contributed by atoms with Gasteiger partial charge in [-0.25, -0.2) is 9.59 Å². The van der Waals surface area contributed by atoms with Crippen molar-refractivity contribution in [3.63, 3.8) is 0 Å². The third-order valence-corrected chi connectivity index (χ3v) is 6.29. The first kappa shape index (κ1) is 26.5. The van der Waals surface area contributed by atoms with Gasteiger partial charge in [0, 0.05) is 36.5 Å². The van der Waals surface area contributed by atoms with Crippen molar-refractivity contribution in [1.82, 2.24) is 4.90 Å². The van der Waals surface area contributed by atoms with E-state index in [1.807, 2.05) is 24.3 Å². The molecule has 0 spiro atoms. The number of carbonyl (C=O) groups is 2. The molecular formula is C22H30ClNO7S. The van der Waals surface area contributed by atoms with Crippen LogP contribution < -0.4 is 0 Å². The summed E-state index contributed by atoms with van der Waals surface area (Å²) in [7, 11) is 1.56. The summed E-state index contributed by atoms with van der Waals surface area (Å²) in [6.45, 7) is 5.09. The zero-order chi connectivity index (χ0) is 23.5. The SMILES string of the molecule is COCOC[C@H](c1ccccc1Cl)N1CC[C@H](SCOC(=O)OC(C)C)/C(=C/C(=O)O)C1. The van der Waals surface area contributed by atoms with Crippen molar-refractivity contribution in [3.05, 3.63) is 46.5 Å². The number of carbonyl (C=O) groups excluding carboxylic acids is 1. The topological polar surface area (TPSA) is 94.5 Å². The van der Waals surface area contributed by atoms with Gasteiger partial charge in [-0.1, -0.05) is 29.8 Å². The lowest BCUT2D eigenvalue weighted by atomic mass is 9.98. The molecular weight excluding hydrogens is 458 g/mol. The molecule has 1 saturated heterocycles. The quantitative estimate of drug-likeness (QED) is 0.211. The molecule has 178 valence electrons. The van der Waals surface area contributed by atoms with Crippen LogP contribution in [0.3, 0.4) is 0 Å². The number of carboxylic acid groups (broad SMARTS) is 1. The predicted molar refractivity (Wildman–Crippen MR) is 123 cm³/mol. The lowest BCUT2D eigenvalue weighted by molar-refractivity contribution is -0.131. The van der Waals surface area contributed by atoms with Gasteiger partial charge in [0.05, 0.1) is 18.8 Å². The molecule has 0 saturated carbocycles. The fourth-order valence-corrected chi connectivity index (χ4v) is 4.63. The molecule has 8 nitrogen and oxygen atoms in total. The van der Waals surface area contributed by atoms with Crippen LogP contribution in [0.4, 0.5) is 4.79 Å². The molecule has 1 heterocycles. The normalized spacial score (nSPS) is 19.2. The van der Waals surface area contributed by atoms with Gasteiger partial charge in [0.1, 0.15) is 12.7 Å². The number of nitrogens with zero attached hydrogens (tertiary/aromatic N) is 1. The number of piperidine rings is 1. The van der Waals surface area contributed by atoms with E-state index in [1.165, 1.54) is 17.8 Å². The molecule has 0 radical (unpaired) electrons. The Balaban J connectivity index is 2.10. The first-order chi connectivity index (χ1) is 15.3. The molecule has 0 amide bonds. The van der Waals surface area contributed by atoms with Crippen molar-refractivity contribution in [2.75, 3.05) is 39.5 Å². The molecule has 1 aromatic carbocycles. The summed E-state index contributed by atoms with van der Waals surface area (Å²) in [5, 5.41) is 9.91. The number of halogens is 1. The largest absolute Gasteiger partial charge is 0.509 e. The number of rotatable bonds is 11. The summed E-state index contributed by atoms with van der Waals surface area (Å²) in [6.07, 6.45) is 0.913. The van der Waals surface area contributed by atoms with Crippen molar-refractivity contribution in [2.24, 2.45) is 0 Å². The third-order valence-electron chi connectivity index (χ3n) is 4.75. The molecule has 0 aromatic heterocycles. The zero-order valence-corrected chi connectivity index (χ0v) is 20.1. The Morgan fingerprint density at radius 3 is 2.75 bits per heavy atom. The molecule has 1 aliphatic rings. The number of methoxy groups -OCH3 is 1. The van der Waals surface area contributed by atoms with Crippen molar-refractivity contribution in [2.45, 2.75) is 37.7 Å². The lowest BCUT2D eigenvalue weighted by Crippen LogP contribution is -2.41. The molecule has 2 rings (SSSR count). The minimum absolute atomic E-state index is 0.0814. The number of ether oxygens (including phenoxy) is 4. The van der Waals surface area contributed by atoms with E-state index >= 15 is 0 Å². The predicted octanol–water partition coefficient (Wildman–Crippen LogP) is 4.34. The van der Waals surface area contributed by atoms with Crippen molar-refractivity contribution >= 4 is 35.5 Å². The lowest BCUT2D eigenvalue weighted by Gasteiger charge is -2.39. The number of benzene rings is 1. The van der Waals surface area contributed by atoms with E-state index in [9.17, 15) is 14.7 Å². The second kappa shape index (κ2) is 13.7. The number of hydrogen-bond acceptors (Lipinski definition) is 8. The van der Waals surface area contributed by atoms with Gasteiger partial charge in [0.25, 0.3) is 0 Å². The maximum absolute atomic E-state index is 11.6. The maximum atomic E-state index is 11.6. The van der Waals surface area contributed by atoms with E-state index in [2.05, 4.69) is 4.90 Å². The highest BCUT2D eigenvalue weighted by atomic mass is 35.5. The minimum Gasteiger partial charge on any atom is -0.478 e. The first-order valence-corrected chi connectivity index (χ1v) is 11.7. The average molecular weight is 488 g/mol. The number of thioether (sulfide) groups is 1. The second-order valence-corrected chi connectivity index (χ2v) is 9.01. The van der Waals surface area contributed by atoms with E-state index in [1.54, 1.807) is 21.0 Å². The Morgan fingerprint density at radius 2 is 2.09 bits per heavy atom. The molecule has 32 heavy (non-hydrogen) atoms. The van der Waals surface area contributed by atoms with Crippen LogP contribution in [0.1, 0.15) is 31.9 Å². The van der Waals surface area contributed by atoms with Crippen molar-refractivity contribution < 1.29 is 33.6 Å². The number of aliphatic carboxylic acids is 1. The highest BCUT2D eigenvalue weighted by molar-refractivity contribution is 7.99. The van der Waals surface area contributed by atoms with Gasteiger partial charge in [-0.3, -0.25) is 4.90 Å². The number of carboxylic acids is 1. The average Bonchev–Trinajstić information content (AvgIpc) is 2.72. The van der Waals surface area contributed by atoms with Gasteiger partial charge in [0.15, 0.2) is 0 Å². The molecule has 10 heteroatoms. The van der Waals surface area contributed by atoms with E-state index in [0.717, 1.165) is 11.1 Å². The van der Waals surface area contributed by atoms with Gasteiger partial charge in [0.2, 0.25) is 0 Å². The second-order valence-electron chi connectivity index (χ2n) is 7.47. The number of hydrogen-bond donors (Lipinski definition) is 1. The molecule has 0 unspecified atom stereocenters. The Bertz CT molecular complexity index is 789. The van der Waals surface area contributed by atoms with Crippen LogP contribution in [0.2, 0.25) is 5.02 Å².